The standard InChI is InChI=1S/C8H9N4O/c1-6(13)7-4-11-8(3-9)12(7,2)5-10/h4,6,13H,1-2H3/q+1. The number of aliphatic hydroxyl groups excluding tert-OH is 1. The monoisotopic (exact) mass is 177 g/mol. The molecule has 1 aliphatic heterocycles. The van der Waals surface area contributed by atoms with Crippen molar-refractivity contribution < 1.29 is 9.59 Å². The lowest BCUT2D eigenvalue weighted by atomic mass is 10.2. The number of aliphatic imine (C=N–C) groups is 1. The average molecular weight is 177 g/mol. The molecule has 1 aliphatic rings. The predicted molar refractivity (Wildman–Crippen MR) is 44.6 cm³/mol. The molecule has 0 saturated heterocycles. The summed E-state index contributed by atoms with van der Waals surface area (Å²) in [4.78, 5) is 3.76. The van der Waals surface area contributed by atoms with Crippen LogP contribution in [0.25, 0.3) is 0 Å². The van der Waals surface area contributed by atoms with Crippen molar-refractivity contribution >= 4 is 5.84 Å². The third kappa shape index (κ3) is 1.20. The van der Waals surface area contributed by atoms with Gasteiger partial charge in [0, 0.05) is 0 Å². The summed E-state index contributed by atoms with van der Waals surface area (Å²) in [6, 6.07) is 1.83. The first-order valence-corrected chi connectivity index (χ1v) is 3.71. The Hall–Kier alpha value is -1.69. The summed E-state index contributed by atoms with van der Waals surface area (Å²) in [5, 5.41) is 26.9. The number of rotatable bonds is 1. The third-order valence-electron chi connectivity index (χ3n) is 1.99. The lowest BCUT2D eigenvalue weighted by molar-refractivity contribution is -0.707. The smallest absolute Gasteiger partial charge is 0.327 e. The van der Waals surface area contributed by atoms with Gasteiger partial charge in [0.25, 0.3) is 0 Å². The molecule has 0 aliphatic carbocycles. The van der Waals surface area contributed by atoms with E-state index in [1.807, 2.05) is 12.3 Å². The van der Waals surface area contributed by atoms with Gasteiger partial charge in [0.05, 0.1) is 13.2 Å². The van der Waals surface area contributed by atoms with Crippen LogP contribution in [0.1, 0.15) is 6.92 Å². The van der Waals surface area contributed by atoms with E-state index in [1.165, 1.54) is 20.2 Å². The highest BCUT2D eigenvalue weighted by Gasteiger charge is 2.42. The first-order valence-electron chi connectivity index (χ1n) is 3.71. The van der Waals surface area contributed by atoms with Gasteiger partial charge >= 0.3 is 12.0 Å². The van der Waals surface area contributed by atoms with E-state index < -0.39 is 6.10 Å². The van der Waals surface area contributed by atoms with Crippen LogP contribution in [0.4, 0.5) is 0 Å². The molecule has 0 spiro atoms. The number of aliphatic hydroxyl groups is 1. The van der Waals surface area contributed by atoms with Crippen molar-refractivity contribution in [1.29, 1.82) is 10.5 Å². The van der Waals surface area contributed by atoms with Crippen molar-refractivity contribution in [1.82, 2.24) is 0 Å². The summed E-state index contributed by atoms with van der Waals surface area (Å²) in [5.74, 6) is 0.0819. The predicted octanol–water partition coefficient (Wildman–Crippen LogP) is 0.0720. The molecule has 0 saturated carbocycles. The van der Waals surface area contributed by atoms with E-state index in [0.29, 0.717) is 5.70 Å². The second-order valence-electron chi connectivity index (χ2n) is 2.90. The summed E-state index contributed by atoms with van der Waals surface area (Å²) in [7, 11) is 1.52. The topological polar surface area (TPSA) is 80.2 Å². The van der Waals surface area contributed by atoms with Crippen LogP contribution in [0.5, 0.6) is 0 Å². The number of likely N-dealkylation sites (N-methyl/N-ethyl adjacent to an activating group) is 1. The molecule has 2 unspecified atom stereocenters. The molecule has 0 bridgehead atoms. The number of nitriles is 2. The highest BCUT2D eigenvalue weighted by Crippen LogP contribution is 2.23. The fraction of sp³-hybridized carbons (Fsp3) is 0.375. The SMILES string of the molecule is CC(O)C1=CN=C(C#N)[N+]1(C)C#N. The first kappa shape index (κ1) is 9.40. The Kier molecular flexibility index (Phi) is 2.16. The Balaban J connectivity index is 3.15. The quantitative estimate of drug-likeness (QED) is 0.454. The van der Waals surface area contributed by atoms with E-state index >= 15 is 0 Å². The first-order chi connectivity index (χ1) is 6.06. The van der Waals surface area contributed by atoms with E-state index in [1.54, 1.807) is 0 Å². The number of amidine groups is 1. The molecule has 5 nitrogen and oxygen atoms in total. The van der Waals surface area contributed by atoms with Crippen LogP contribution in [-0.2, 0) is 0 Å². The maximum absolute atomic E-state index is 9.31. The van der Waals surface area contributed by atoms with Gasteiger partial charge in [0.2, 0.25) is 0 Å². The molecule has 0 fully saturated rings. The van der Waals surface area contributed by atoms with Gasteiger partial charge in [0.15, 0.2) is 11.8 Å². The summed E-state index contributed by atoms with van der Waals surface area (Å²) in [6.45, 7) is 1.54. The van der Waals surface area contributed by atoms with Crippen LogP contribution < -0.4 is 0 Å². The third-order valence-corrected chi connectivity index (χ3v) is 1.99. The van der Waals surface area contributed by atoms with E-state index in [2.05, 4.69) is 4.99 Å². The van der Waals surface area contributed by atoms with E-state index in [0.717, 1.165) is 0 Å². The van der Waals surface area contributed by atoms with E-state index in [4.69, 9.17) is 10.5 Å². The largest absolute Gasteiger partial charge is 0.383 e. The van der Waals surface area contributed by atoms with Crippen LogP contribution in [0.3, 0.4) is 0 Å². The molecule has 13 heavy (non-hydrogen) atoms. The zero-order valence-electron chi connectivity index (χ0n) is 7.39. The number of quaternary nitrogens is 1. The van der Waals surface area contributed by atoms with Crippen LogP contribution in [0.15, 0.2) is 16.9 Å². The minimum Gasteiger partial charge on any atom is -0.383 e. The highest BCUT2D eigenvalue weighted by molar-refractivity contribution is 5.93. The zero-order valence-corrected chi connectivity index (χ0v) is 7.39. The molecule has 5 heteroatoms. The Labute approximate surface area is 76.0 Å². The van der Waals surface area contributed by atoms with Gasteiger partial charge < -0.3 is 5.11 Å². The maximum Gasteiger partial charge on any atom is 0.327 e. The van der Waals surface area contributed by atoms with E-state index in [-0.39, 0.29) is 10.3 Å². The summed E-state index contributed by atoms with van der Waals surface area (Å²) in [6.07, 6.45) is 2.52. The van der Waals surface area contributed by atoms with Gasteiger partial charge in [-0.15, -0.1) is 9.74 Å². The Morgan fingerprint density at radius 3 is 2.62 bits per heavy atom. The molecular formula is C8H9N4O+. The second kappa shape index (κ2) is 2.98. The molecule has 0 radical (unpaired) electrons. The Bertz CT molecular complexity index is 369. The van der Waals surface area contributed by atoms with Gasteiger partial charge in [-0.1, -0.05) is 0 Å². The van der Waals surface area contributed by atoms with Crippen molar-refractivity contribution in [3.63, 3.8) is 0 Å². The second-order valence-corrected chi connectivity index (χ2v) is 2.90. The lowest BCUT2D eigenvalue weighted by Crippen LogP contribution is -2.43. The Morgan fingerprint density at radius 1 is 1.62 bits per heavy atom. The van der Waals surface area contributed by atoms with Crippen molar-refractivity contribution in [2.24, 2.45) is 4.99 Å². The lowest BCUT2D eigenvalue weighted by Gasteiger charge is -2.20. The molecule has 1 heterocycles. The maximum atomic E-state index is 9.31. The molecule has 0 aromatic heterocycles. The van der Waals surface area contributed by atoms with Gasteiger partial charge in [-0.25, -0.2) is 0 Å². The van der Waals surface area contributed by atoms with Crippen molar-refractivity contribution in [3.05, 3.63) is 11.9 Å². The summed E-state index contributed by atoms with van der Waals surface area (Å²) >= 11 is 0. The summed E-state index contributed by atoms with van der Waals surface area (Å²) in [5.41, 5.74) is 0.416. The van der Waals surface area contributed by atoms with Crippen LogP contribution >= 0.6 is 0 Å². The van der Waals surface area contributed by atoms with Gasteiger partial charge in [-0.05, 0) is 6.92 Å². The number of nitrogens with zero attached hydrogens (tertiary/aromatic N) is 4. The summed E-state index contributed by atoms with van der Waals surface area (Å²) < 4.78 is -0.367. The number of hydrogen-bond donors (Lipinski definition) is 1. The normalized spacial score (nSPS) is 28.4. The molecular weight excluding hydrogens is 168 g/mol. The highest BCUT2D eigenvalue weighted by atomic mass is 16.3. The van der Waals surface area contributed by atoms with Crippen LogP contribution in [0.2, 0.25) is 0 Å². The van der Waals surface area contributed by atoms with E-state index in [9.17, 15) is 5.11 Å². The number of hydrogen-bond acceptors (Lipinski definition) is 4. The average Bonchev–Trinajstić information content (AvgIpc) is 2.43. The van der Waals surface area contributed by atoms with Gasteiger partial charge in [-0.3, -0.25) is 0 Å². The fourth-order valence-corrected chi connectivity index (χ4v) is 1.20. The van der Waals surface area contributed by atoms with Crippen LogP contribution in [-0.4, -0.2) is 28.6 Å². The molecule has 2 atom stereocenters. The Morgan fingerprint density at radius 2 is 2.23 bits per heavy atom. The van der Waals surface area contributed by atoms with Gasteiger partial charge in [0.1, 0.15) is 6.10 Å². The van der Waals surface area contributed by atoms with Crippen LogP contribution in [0, 0.1) is 22.8 Å². The van der Waals surface area contributed by atoms with Crippen molar-refractivity contribution in [3.8, 4) is 12.3 Å². The van der Waals surface area contributed by atoms with Crippen molar-refractivity contribution in [2.45, 2.75) is 13.0 Å². The fourth-order valence-electron chi connectivity index (χ4n) is 1.20. The minimum atomic E-state index is -0.778. The molecule has 1 N–H and O–H groups in total. The molecule has 66 valence electrons. The minimum absolute atomic E-state index is 0.0819. The van der Waals surface area contributed by atoms with Gasteiger partial charge in [-0.2, -0.15) is 10.3 Å². The zero-order chi connectivity index (χ0) is 10.1. The molecule has 0 aromatic carbocycles. The molecule has 1 rings (SSSR count). The molecule has 0 aromatic rings. The molecule has 0 amide bonds. The van der Waals surface area contributed by atoms with Crippen molar-refractivity contribution in [2.75, 3.05) is 7.05 Å².